The number of nitrogens with two attached hydrogens (primary N) is 1. The number of piperidine rings is 1. The summed E-state index contributed by atoms with van der Waals surface area (Å²) in [6.07, 6.45) is 4.33. The van der Waals surface area contributed by atoms with Gasteiger partial charge in [-0.05, 0) is 43.9 Å². The molecule has 1 aliphatic heterocycles. The molecule has 2 N–H and O–H groups in total. The van der Waals surface area contributed by atoms with Gasteiger partial charge in [0, 0.05) is 30.8 Å². The largest absolute Gasteiger partial charge is 0.339 e. The highest BCUT2D eigenvalue weighted by Gasteiger charge is 2.24. The number of carbonyl (C=O) groups excluding carboxylic acids is 1. The number of hydrogen-bond donors (Lipinski definition) is 1. The molecule has 2 unspecified atom stereocenters. The summed E-state index contributed by atoms with van der Waals surface area (Å²) >= 11 is 0. The summed E-state index contributed by atoms with van der Waals surface area (Å²) in [5, 5.41) is 0. The van der Waals surface area contributed by atoms with Crippen molar-refractivity contribution >= 4 is 12.0 Å². The average molecular weight is 294 g/mol. The molecule has 21 heavy (non-hydrogen) atoms. The molecule has 1 fully saturated rings. The summed E-state index contributed by atoms with van der Waals surface area (Å²) in [7, 11) is 0. The highest BCUT2D eigenvalue weighted by molar-refractivity contribution is 5.91. The molecule has 1 saturated heterocycles. The Labute approximate surface area is 123 Å². The van der Waals surface area contributed by atoms with Crippen LogP contribution >= 0.6 is 0 Å². The molecular weight excluding hydrogens is 274 g/mol. The van der Waals surface area contributed by atoms with Crippen LogP contribution in [0.4, 0.5) is 8.78 Å². The number of amides is 1. The number of hydrogen-bond acceptors (Lipinski definition) is 2. The van der Waals surface area contributed by atoms with Crippen LogP contribution in [-0.4, -0.2) is 29.9 Å². The predicted molar refractivity (Wildman–Crippen MR) is 78.3 cm³/mol. The molecule has 5 heteroatoms. The summed E-state index contributed by atoms with van der Waals surface area (Å²) in [4.78, 5) is 13.8. The Kier molecular flexibility index (Phi) is 5.07. The Morgan fingerprint density at radius 1 is 1.43 bits per heavy atom. The fraction of sp³-hybridized carbons (Fsp3) is 0.438. The summed E-state index contributed by atoms with van der Waals surface area (Å²) in [6.45, 7) is 3.19. The summed E-state index contributed by atoms with van der Waals surface area (Å²) in [5.74, 6) is -1.30. The van der Waals surface area contributed by atoms with Crippen molar-refractivity contribution in [3.8, 4) is 0 Å². The number of halogens is 2. The van der Waals surface area contributed by atoms with E-state index in [0.717, 1.165) is 12.8 Å². The third-order valence-corrected chi connectivity index (χ3v) is 3.91. The number of benzene rings is 1. The van der Waals surface area contributed by atoms with Gasteiger partial charge in [-0.25, -0.2) is 8.78 Å². The lowest BCUT2D eigenvalue weighted by molar-refractivity contribution is -0.127. The van der Waals surface area contributed by atoms with Gasteiger partial charge in [0.1, 0.15) is 11.6 Å². The van der Waals surface area contributed by atoms with Gasteiger partial charge in [0.05, 0.1) is 0 Å². The van der Waals surface area contributed by atoms with Crippen LogP contribution in [0.3, 0.4) is 0 Å². The van der Waals surface area contributed by atoms with Crippen molar-refractivity contribution in [1.29, 1.82) is 0 Å². The predicted octanol–water partition coefficient (Wildman–Crippen LogP) is 2.56. The normalized spacial score (nSPS) is 20.8. The van der Waals surface area contributed by atoms with Crippen molar-refractivity contribution in [2.45, 2.75) is 25.8 Å². The molecule has 0 aromatic heterocycles. The van der Waals surface area contributed by atoms with Crippen LogP contribution in [-0.2, 0) is 4.79 Å². The van der Waals surface area contributed by atoms with E-state index in [1.54, 1.807) is 4.90 Å². The van der Waals surface area contributed by atoms with Crippen molar-refractivity contribution in [3.05, 3.63) is 41.5 Å². The van der Waals surface area contributed by atoms with E-state index in [1.807, 2.05) is 6.92 Å². The Hall–Kier alpha value is -1.75. The van der Waals surface area contributed by atoms with E-state index in [4.69, 9.17) is 5.73 Å². The van der Waals surface area contributed by atoms with E-state index in [2.05, 4.69) is 0 Å². The molecule has 2 atom stereocenters. The molecule has 1 aromatic rings. The van der Waals surface area contributed by atoms with Crippen LogP contribution in [0, 0.1) is 17.6 Å². The van der Waals surface area contributed by atoms with E-state index in [0.29, 0.717) is 13.1 Å². The fourth-order valence-electron chi connectivity index (χ4n) is 2.57. The maximum Gasteiger partial charge on any atom is 0.246 e. The van der Waals surface area contributed by atoms with E-state index in [1.165, 1.54) is 30.4 Å². The van der Waals surface area contributed by atoms with Gasteiger partial charge in [-0.2, -0.15) is 0 Å². The van der Waals surface area contributed by atoms with Gasteiger partial charge in [0.25, 0.3) is 0 Å². The molecule has 0 aliphatic carbocycles. The third-order valence-electron chi connectivity index (χ3n) is 3.91. The van der Waals surface area contributed by atoms with Crippen molar-refractivity contribution in [2.75, 3.05) is 13.1 Å². The van der Waals surface area contributed by atoms with Gasteiger partial charge < -0.3 is 10.6 Å². The van der Waals surface area contributed by atoms with E-state index < -0.39 is 11.6 Å². The standard InChI is InChI=1S/C16H20F2N2O/c1-11(19)12-4-3-9-20(10-12)16(21)8-7-13-14(17)5-2-6-15(13)18/h2,5-8,11-12H,3-4,9-10,19H2,1H3/b8-7+. The molecule has 114 valence electrons. The highest BCUT2D eigenvalue weighted by Crippen LogP contribution is 2.19. The smallest absolute Gasteiger partial charge is 0.246 e. The second-order valence-corrected chi connectivity index (χ2v) is 5.51. The molecule has 1 aliphatic rings. The van der Waals surface area contributed by atoms with Gasteiger partial charge in [-0.15, -0.1) is 0 Å². The van der Waals surface area contributed by atoms with E-state index in [-0.39, 0.29) is 23.4 Å². The zero-order chi connectivity index (χ0) is 15.4. The highest BCUT2D eigenvalue weighted by atomic mass is 19.1. The first kappa shape index (κ1) is 15.6. The number of nitrogens with zero attached hydrogens (tertiary/aromatic N) is 1. The van der Waals surface area contributed by atoms with Crippen LogP contribution in [0.1, 0.15) is 25.3 Å². The molecular formula is C16H20F2N2O. The van der Waals surface area contributed by atoms with Crippen LogP contribution in [0.2, 0.25) is 0 Å². The average Bonchev–Trinajstić information content (AvgIpc) is 2.46. The SMILES string of the molecule is CC(N)C1CCCN(C(=O)/C=C/c2c(F)cccc2F)C1. The molecule has 0 radical (unpaired) electrons. The zero-order valence-electron chi connectivity index (χ0n) is 12.1. The lowest BCUT2D eigenvalue weighted by Crippen LogP contribution is -2.44. The van der Waals surface area contributed by atoms with Crippen molar-refractivity contribution in [1.82, 2.24) is 4.90 Å². The first-order valence-electron chi connectivity index (χ1n) is 7.15. The minimum Gasteiger partial charge on any atom is -0.339 e. The second kappa shape index (κ2) is 6.80. The number of likely N-dealkylation sites (tertiary alicyclic amines) is 1. The van der Waals surface area contributed by atoms with Crippen LogP contribution in [0.15, 0.2) is 24.3 Å². The third kappa shape index (κ3) is 3.88. The van der Waals surface area contributed by atoms with E-state index >= 15 is 0 Å². The molecule has 0 spiro atoms. The quantitative estimate of drug-likeness (QED) is 0.871. The molecule has 2 rings (SSSR count). The first-order valence-corrected chi connectivity index (χ1v) is 7.15. The number of rotatable bonds is 3. The number of carbonyl (C=O) groups is 1. The maximum absolute atomic E-state index is 13.5. The topological polar surface area (TPSA) is 46.3 Å². The Morgan fingerprint density at radius 3 is 2.71 bits per heavy atom. The van der Waals surface area contributed by atoms with Gasteiger partial charge in [-0.3, -0.25) is 4.79 Å². The first-order chi connectivity index (χ1) is 9.99. The van der Waals surface area contributed by atoms with Crippen molar-refractivity contribution in [3.63, 3.8) is 0 Å². The lowest BCUT2D eigenvalue weighted by Gasteiger charge is -2.34. The molecule has 3 nitrogen and oxygen atoms in total. The molecule has 1 aromatic carbocycles. The monoisotopic (exact) mass is 294 g/mol. The Morgan fingerprint density at radius 2 is 2.10 bits per heavy atom. The minimum absolute atomic E-state index is 0.0357. The fourth-order valence-corrected chi connectivity index (χ4v) is 2.57. The molecule has 1 heterocycles. The Bertz CT molecular complexity index is 523. The van der Waals surface area contributed by atoms with Gasteiger partial charge >= 0.3 is 0 Å². The van der Waals surface area contributed by atoms with E-state index in [9.17, 15) is 13.6 Å². The van der Waals surface area contributed by atoms with Gasteiger partial charge in [0.15, 0.2) is 0 Å². The zero-order valence-corrected chi connectivity index (χ0v) is 12.1. The van der Waals surface area contributed by atoms with Crippen molar-refractivity contribution in [2.24, 2.45) is 11.7 Å². The molecule has 0 saturated carbocycles. The summed E-state index contributed by atoms with van der Waals surface area (Å²) in [5.41, 5.74) is 5.69. The van der Waals surface area contributed by atoms with Crippen LogP contribution in [0.5, 0.6) is 0 Å². The lowest BCUT2D eigenvalue weighted by atomic mass is 9.92. The second-order valence-electron chi connectivity index (χ2n) is 5.51. The van der Waals surface area contributed by atoms with Gasteiger partial charge in [-0.1, -0.05) is 6.07 Å². The van der Waals surface area contributed by atoms with Gasteiger partial charge in [0.2, 0.25) is 5.91 Å². The summed E-state index contributed by atoms with van der Waals surface area (Å²) in [6, 6.07) is 3.66. The molecule has 1 amide bonds. The Balaban J connectivity index is 2.05. The maximum atomic E-state index is 13.5. The molecule has 0 bridgehead atoms. The van der Waals surface area contributed by atoms with Crippen LogP contribution < -0.4 is 5.73 Å². The minimum atomic E-state index is -0.675. The van der Waals surface area contributed by atoms with Crippen molar-refractivity contribution < 1.29 is 13.6 Å². The summed E-state index contributed by atoms with van der Waals surface area (Å²) < 4.78 is 27.0. The van der Waals surface area contributed by atoms with Crippen LogP contribution in [0.25, 0.3) is 6.08 Å².